The maximum atomic E-state index is 11.5. The third kappa shape index (κ3) is 2.93. The number of hydrogen-bond donors (Lipinski definition) is 2. The van der Waals surface area contributed by atoms with Crippen LogP contribution in [0.2, 0.25) is 0 Å². The molecule has 1 atom stereocenters. The van der Waals surface area contributed by atoms with Crippen molar-refractivity contribution >= 4 is 15.9 Å². The minimum absolute atomic E-state index is 0.0452. The van der Waals surface area contributed by atoms with Gasteiger partial charge in [-0.3, -0.25) is 4.79 Å². The molecule has 1 amide bonds. The van der Waals surface area contributed by atoms with E-state index in [0.717, 1.165) is 6.42 Å². The third-order valence-electron chi connectivity index (χ3n) is 2.29. The fraction of sp³-hybridized carbons (Fsp3) is 0.857. The lowest BCUT2D eigenvalue weighted by molar-refractivity contribution is -0.129. The molecule has 6 nitrogen and oxygen atoms in total. The van der Waals surface area contributed by atoms with Crippen molar-refractivity contribution in [2.75, 3.05) is 25.9 Å². The molecule has 3 N–H and O–H groups in total. The van der Waals surface area contributed by atoms with Gasteiger partial charge in [-0.25, -0.2) is 13.6 Å². The second kappa shape index (κ2) is 4.24. The van der Waals surface area contributed by atoms with Gasteiger partial charge in [0, 0.05) is 13.1 Å². The number of sulfonamides is 1. The fourth-order valence-corrected chi connectivity index (χ4v) is 1.94. The Bertz CT molecular complexity index is 314. The van der Waals surface area contributed by atoms with Crippen LogP contribution in [0.1, 0.15) is 6.42 Å². The molecule has 0 aromatic rings. The summed E-state index contributed by atoms with van der Waals surface area (Å²) >= 11 is 0. The Kier molecular flexibility index (Phi) is 3.46. The summed E-state index contributed by atoms with van der Waals surface area (Å²) in [5.74, 6) is -0.217. The van der Waals surface area contributed by atoms with E-state index in [2.05, 4.69) is 5.32 Å². The highest BCUT2D eigenvalue weighted by Gasteiger charge is 2.30. The molecule has 0 aliphatic carbocycles. The standard InChI is InChI=1S/C7H15N3O3S/c1-9-6-2-3-10(7(6)11)4-5-14(8,12)13/h6,9H,2-5H2,1H3,(H2,8,12,13). The first kappa shape index (κ1) is 11.4. The molecule has 1 aliphatic rings. The van der Waals surface area contributed by atoms with Crippen molar-refractivity contribution in [2.45, 2.75) is 12.5 Å². The van der Waals surface area contributed by atoms with E-state index in [1.807, 2.05) is 0 Å². The number of likely N-dealkylation sites (tertiary alicyclic amines) is 1. The van der Waals surface area contributed by atoms with Crippen LogP contribution in [0.3, 0.4) is 0 Å². The van der Waals surface area contributed by atoms with Gasteiger partial charge in [-0.15, -0.1) is 0 Å². The average molecular weight is 221 g/mol. The molecule has 0 bridgehead atoms. The van der Waals surface area contributed by atoms with E-state index in [9.17, 15) is 13.2 Å². The minimum Gasteiger partial charge on any atom is -0.340 e. The molecule has 14 heavy (non-hydrogen) atoms. The van der Waals surface area contributed by atoms with Crippen molar-refractivity contribution in [3.05, 3.63) is 0 Å². The second-order valence-electron chi connectivity index (χ2n) is 3.32. The molecule has 1 rings (SSSR count). The van der Waals surface area contributed by atoms with Crippen molar-refractivity contribution in [2.24, 2.45) is 5.14 Å². The average Bonchev–Trinajstić information content (AvgIpc) is 2.42. The van der Waals surface area contributed by atoms with Crippen molar-refractivity contribution < 1.29 is 13.2 Å². The Morgan fingerprint density at radius 2 is 2.29 bits per heavy atom. The minimum atomic E-state index is -3.47. The Balaban J connectivity index is 2.45. The summed E-state index contributed by atoms with van der Waals surface area (Å²) in [5, 5.41) is 7.71. The normalized spacial score (nSPS) is 23.1. The van der Waals surface area contributed by atoms with Crippen LogP contribution in [-0.4, -0.2) is 51.2 Å². The first-order chi connectivity index (χ1) is 6.44. The summed E-state index contributed by atoms with van der Waals surface area (Å²) in [6.45, 7) is 0.787. The quantitative estimate of drug-likeness (QED) is 0.579. The number of primary sulfonamides is 1. The van der Waals surface area contributed by atoms with E-state index >= 15 is 0 Å². The monoisotopic (exact) mass is 221 g/mol. The molecule has 0 radical (unpaired) electrons. The Labute approximate surface area is 83.5 Å². The Morgan fingerprint density at radius 1 is 1.64 bits per heavy atom. The number of amides is 1. The molecule has 1 unspecified atom stereocenters. The topological polar surface area (TPSA) is 92.5 Å². The van der Waals surface area contributed by atoms with Gasteiger partial charge in [0.2, 0.25) is 15.9 Å². The van der Waals surface area contributed by atoms with Crippen LogP contribution in [0.25, 0.3) is 0 Å². The first-order valence-corrected chi connectivity index (χ1v) is 6.12. The zero-order chi connectivity index (χ0) is 10.8. The van der Waals surface area contributed by atoms with Crippen molar-refractivity contribution in [1.29, 1.82) is 0 Å². The van der Waals surface area contributed by atoms with Gasteiger partial charge in [0.1, 0.15) is 0 Å². The smallest absolute Gasteiger partial charge is 0.239 e. The lowest BCUT2D eigenvalue weighted by atomic mass is 10.3. The zero-order valence-electron chi connectivity index (χ0n) is 8.06. The molecule has 1 fully saturated rings. The highest BCUT2D eigenvalue weighted by Crippen LogP contribution is 2.09. The number of nitrogens with zero attached hydrogens (tertiary/aromatic N) is 1. The molecule has 1 aliphatic heterocycles. The molecule has 1 heterocycles. The van der Waals surface area contributed by atoms with Gasteiger partial charge in [-0.2, -0.15) is 0 Å². The van der Waals surface area contributed by atoms with Crippen LogP contribution in [-0.2, 0) is 14.8 Å². The molecule has 1 saturated heterocycles. The number of nitrogens with one attached hydrogen (secondary N) is 1. The molecular weight excluding hydrogens is 206 g/mol. The van der Waals surface area contributed by atoms with Crippen LogP contribution < -0.4 is 10.5 Å². The van der Waals surface area contributed by atoms with Crippen LogP contribution in [0.4, 0.5) is 0 Å². The molecular formula is C7H15N3O3S. The maximum absolute atomic E-state index is 11.5. The predicted octanol–water partition coefficient (Wildman–Crippen LogP) is -1.90. The van der Waals surface area contributed by atoms with Crippen LogP contribution in [0, 0.1) is 0 Å². The van der Waals surface area contributed by atoms with Crippen molar-refractivity contribution in [1.82, 2.24) is 10.2 Å². The summed E-state index contributed by atoms with van der Waals surface area (Å²) < 4.78 is 21.3. The summed E-state index contributed by atoms with van der Waals surface area (Å²) in [5.41, 5.74) is 0. The summed E-state index contributed by atoms with van der Waals surface area (Å²) in [6.07, 6.45) is 0.722. The molecule has 7 heteroatoms. The summed E-state index contributed by atoms with van der Waals surface area (Å²) in [4.78, 5) is 13.0. The van der Waals surface area contributed by atoms with E-state index in [1.54, 1.807) is 7.05 Å². The van der Waals surface area contributed by atoms with Crippen LogP contribution in [0.5, 0.6) is 0 Å². The SMILES string of the molecule is CNC1CCN(CCS(N)(=O)=O)C1=O. The predicted molar refractivity (Wildman–Crippen MR) is 52.0 cm³/mol. The van der Waals surface area contributed by atoms with Gasteiger partial charge in [0.25, 0.3) is 0 Å². The summed E-state index contributed by atoms with van der Waals surface area (Å²) in [7, 11) is -1.76. The van der Waals surface area contributed by atoms with E-state index in [1.165, 1.54) is 4.90 Å². The number of carbonyl (C=O) groups is 1. The number of rotatable bonds is 4. The number of hydrogen-bond acceptors (Lipinski definition) is 4. The number of carbonyl (C=O) groups excluding carboxylic acids is 1. The largest absolute Gasteiger partial charge is 0.340 e. The van der Waals surface area contributed by atoms with Crippen LogP contribution in [0.15, 0.2) is 0 Å². The number of nitrogens with two attached hydrogens (primary N) is 1. The Morgan fingerprint density at radius 3 is 2.71 bits per heavy atom. The first-order valence-electron chi connectivity index (χ1n) is 4.40. The van der Waals surface area contributed by atoms with E-state index in [-0.39, 0.29) is 24.2 Å². The Hall–Kier alpha value is -0.660. The van der Waals surface area contributed by atoms with E-state index < -0.39 is 10.0 Å². The second-order valence-corrected chi connectivity index (χ2v) is 5.06. The lowest BCUT2D eigenvalue weighted by Gasteiger charge is -2.15. The fourth-order valence-electron chi connectivity index (χ4n) is 1.47. The van der Waals surface area contributed by atoms with Gasteiger partial charge in [-0.05, 0) is 13.5 Å². The van der Waals surface area contributed by atoms with Crippen molar-refractivity contribution in [3.63, 3.8) is 0 Å². The van der Waals surface area contributed by atoms with Crippen molar-refractivity contribution in [3.8, 4) is 0 Å². The van der Waals surface area contributed by atoms with E-state index in [0.29, 0.717) is 6.54 Å². The third-order valence-corrected chi connectivity index (χ3v) is 3.04. The van der Waals surface area contributed by atoms with E-state index in [4.69, 9.17) is 5.14 Å². The molecule has 0 saturated carbocycles. The summed E-state index contributed by atoms with van der Waals surface area (Å²) in [6, 6.07) is -0.171. The van der Waals surface area contributed by atoms with Crippen LogP contribution >= 0.6 is 0 Å². The molecule has 0 aromatic heterocycles. The van der Waals surface area contributed by atoms with Gasteiger partial charge in [0.15, 0.2) is 0 Å². The molecule has 82 valence electrons. The lowest BCUT2D eigenvalue weighted by Crippen LogP contribution is -2.38. The highest BCUT2D eigenvalue weighted by molar-refractivity contribution is 7.89. The van der Waals surface area contributed by atoms with Gasteiger partial charge in [-0.1, -0.05) is 0 Å². The number of likely N-dealkylation sites (N-methyl/N-ethyl adjacent to an activating group) is 1. The van der Waals surface area contributed by atoms with Gasteiger partial charge in [0.05, 0.1) is 11.8 Å². The molecule has 0 aromatic carbocycles. The highest BCUT2D eigenvalue weighted by atomic mass is 32.2. The van der Waals surface area contributed by atoms with Gasteiger partial charge >= 0.3 is 0 Å². The zero-order valence-corrected chi connectivity index (χ0v) is 8.88. The maximum Gasteiger partial charge on any atom is 0.239 e. The molecule has 0 spiro atoms. The van der Waals surface area contributed by atoms with Gasteiger partial charge < -0.3 is 10.2 Å².